The molecule has 2 N–H and O–H groups in total. The number of fused-ring (bicyclic) bond motifs is 1. The van der Waals surface area contributed by atoms with Crippen LogP contribution in [0.25, 0.3) is 22.2 Å². The molecule has 2 aromatic heterocycles. The molecule has 9 heteroatoms. The van der Waals surface area contributed by atoms with Gasteiger partial charge in [-0.15, -0.1) is 0 Å². The molecule has 1 atom stereocenters. The van der Waals surface area contributed by atoms with E-state index in [0.717, 1.165) is 22.2 Å². The predicted octanol–water partition coefficient (Wildman–Crippen LogP) is 3.92. The predicted molar refractivity (Wildman–Crippen MR) is 123 cm³/mol. The van der Waals surface area contributed by atoms with Crippen molar-refractivity contribution in [3.05, 3.63) is 77.5 Å². The molecule has 7 nitrogen and oxygen atoms in total. The number of hydrogen-bond donors (Lipinski definition) is 1. The van der Waals surface area contributed by atoms with E-state index in [-0.39, 0.29) is 18.1 Å². The molecule has 0 saturated carbocycles. The maximum atomic E-state index is 13.6. The van der Waals surface area contributed by atoms with Crippen LogP contribution in [0.15, 0.2) is 61.1 Å². The lowest BCUT2D eigenvalue weighted by atomic mass is 10.1. The third-order valence-electron chi connectivity index (χ3n) is 5.80. The van der Waals surface area contributed by atoms with Crippen molar-refractivity contribution in [3.63, 3.8) is 0 Å². The molecule has 166 valence electrons. The number of anilines is 1. The maximum Gasteiger partial charge on any atom is 0.240 e. The van der Waals surface area contributed by atoms with Gasteiger partial charge in [0, 0.05) is 24.7 Å². The van der Waals surface area contributed by atoms with Crippen molar-refractivity contribution in [2.75, 3.05) is 4.90 Å². The second-order valence-electron chi connectivity index (χ2n) is 7.95. The van der Waals surface area contributed by atoms with Crippen LogP contribution in [0.3, 0.4) is 0 Å². The summed E-state index contributed by atoms with van der Waals surface area (Å²) < 4.78 is 15.5. The Kier molecular flexibility index (Phi) is 5.30. The molecule has 2 aromatic carbocycles. The Hall–Kier alpha value is -3.78. The molecule has 3 heterocycles. The number of nitrogens with two attached hydrogens (primary N) is 1. The summed E-state index contributed by atoms with van der Waals surface area (Å²) in [7, 11) is 0. The molecule has 0 unspecified atom stereocenters. The quantitative estimate of drug-likeness (QED) is 0.485. The zero-order valence-electron chi connectivity index (χ0n) is 17.4. The van der Waals surface area contributed by atoms with Gasteiger partial charge in [0.05, 0.1) is 22.4 Å². The highest BCUT2D eigenvalue weighted by Crippen LogP contribution is 2.34. The summed E-state index contributed by atoms with van der Waals surface area (Å²) >= 11 is 6.46. The first-order valence-corrected chi connectivity index (χ1v) is 10.7. The van der Waals surface area contributed by atoms with Gasteiger partial charge in [0.15, 0.2) is 0 Å². The molecule has 4 aromatic rings. The van der Waals surface area contributed by atoms with E-state index in [0.29, 0.717) is 29.4 Å². The highest BCUT2D eigenvalue weighted by atomic mass is 35.5. The zero-order valence-corrected chi connectivity index (χ0v) is 18.2. The van der Waals surface area contributed by atoms with Crippen LogP contribution in [0.1, 0.15) is 18.4 Å². The molecule has 0 aliphatic carbocycles. The lowest BCUT2D eigenvalue weighted by molar-refractivity contribution is -0.121. The number of aromatic nitrogens is 3. The highest BCUT2D eigenvalue weighted by Gasteiger charge is 2.36. The Morgan fingerprint density at radius 3 is 2.82 bits per heavy atom. The van der Waals surface area contributed by atoms with Crippen molar-refractivity contribution >= 4 is 40.3 Å². The van der Waals surface area contributed by atoms with Crippen LogP contribution < -0.4 is 10.6 Å². The lowest BCUT2D eigenvalue weighted by Crippen LogP contribution is -2.42. The van der Waals surface area contributed by atoms with Crippen LogP contribution in [0.4, 0.5) is 10.2 Å². The number of halogens is 2. The number of rotatable bonds is 5. The Bertz CT molecular complexity index is 1400. The molecule has 0 spiro atoms. The summed E-state index contributed by atoms with van der Waals surface area (Å²) in [5.74, 6) is -0.737. The number of hydrogen-bond acceptors (Lipinski definition) is 4. The van der Waals surface area contributed by atoms with Crippen molar-refractivity contribution < 1.29 is 14.0 Å². The summed E-state index contributed by atoms with van der Waals surface area (Å²) in [6.07, 6.45) is 3.76. The second kappa shape index (κ2) is 8.29. The number of primary amides is 1. The first kappa shape index (κ1) is 21.1. The van der Waals surface area contributed by atoms with Gasteiger partial charge in [-0.3, -0.25) is 14.5 Å². The SMILES string of the molecule is NC(=O)[C@H]1CCC(=O)N1c1cc(-c2ccc3ncn(Cc4cccc(F)c4)c3c2)c(Cl)cn1. The summed E-state index contributed by atoms with van der Waals surface area (Å²) in [5, 5.41) is 0.400. The van der Waals surface area contributed by atoms with Crippen LogP contribution in [-0.4, -0.2) is 32.4 Å². The van der Waals surface area contributed by atoms with Crippen molar-refractivity contribution in [2.24, 2.45) is 5.73 Å². The lowest BCUT2D eigenvalue weighted by Gasteiger charge is -2.22. The van der Waals surface area contributed by atoms with E-state index in [4.69, 9.17) is 17.3 Å². The van der Waals surface area contributed by atoms with Crippen LogP contribution in [0.2, 0.25) is 5.02 Å². The number of pyridine rings is 1. The summed E-state index contributed by atoms with van der Waals surface area (Å²) in [6.45, 7) is 0.454. The van der Waals surface area contributed by atoms with E-state index in [2.05, 4.69) is 9.97 Å². The number of benzene rings is 2. The minimum atomic E-state index is -0.728. The fourth-order valence-electron chi connectivity index (χ4n) is 4.20. The van der Waals surface area contributed by atoms with Gasteiger partial charge < -0.3 is 10.3 Å². The van der Waals surface area contributed by atoms with Crippen molar-refractivity contribution in [2.45, 2.75) is 25.4 Å². The number of amides is 2. The van der Waals surface area contributed by atoms with Gasteiger partial charge in [-0.1, -0.05) is 29.8 Å². The van der Waals surface area contributed by atoms with Gasteiger partial charge in [-0.25, -0.2) is 14.4 Å². The van der Waals surface area contributed by atoms with Gasteiger partial charge in [0.2, 0.25) is 11.8 Å². The average molecular weight is 464 g/mol. The largest absolute Gasteiger partial charge is 0.368 e. The van der Waals surface area contributed by atoms with Gasteiger partial charge >= 0.3 is 0 Å². The molecule has 1 aliphatic rings. The smallest absolute Gasteiger partial charge is 0.240 e. The van der Waals surface area contributed by atoms with Crippen LogP contribution in [-0.2, 0) is 16.1 Å². The van der Waals surface area contributed by atoms with E-state index < -0.39 is 11.9 Å². The molecule has 0 radical (unpaired) electrons. The Morgan fingerprint density at radius 1 is 1.18 bits per heavy atom. The summed E-state index contributed by atoms with van der Waals surface area (Å²) in [5.41, 5.74) is 9.38. The summed E-state index contributed by atoms with van der Waals surface area (Å²) in [6, 6.07) is 13.1. The molecule has 0 bridgehead atoms. The minimum Gasteiger partial charge on any atom is -0.368 e. The third-order valence-corrected chi connectivity index (χ3v) is 6.10. The van der Waals surface area contributed by atoms with Crippen LogP contribution in [0.5, 0.6) is 0 Å². The van der Waals surface area contributed by atoms with Gasteiger partial charge in [-0.05, 0) is 47.9 Å². The zero-order chi connectivity index (χ0) is 23.1. The van der Waals surface area contributed by atoms with Gasteiger partial charge in [0.25, 0.3) is 0 Å². The highest BCUT2D eigenvalue weighted by molar-refractivity contribution is 6.33. The van der Waals surface area contributed by atoms with E-state index in [1.54, 1.807) is 18.5 Å². The van der Waals surface area contributed by atoms with Crippen molar-refractivity contribution in [1.82, 2.24) is 14.5 Å². The standard InChI is InChI=1S/C24H19ClFN5O2/c25-18-11-28-22(31-20(24(27)33)6-7-23(31)32)10-17(18)15-4-5-19-21(9-15)30(13-29-19)12-14-2-1-3-16(26)8-14/h1-5,8-11,13,20H,6-7,12H2,(H2,27,33)/t20-/m1/s1. The molecular formula is C24H19ClFN5O2. The fourth-order valence-corrected chi connectivity index (χ4v) is 4.42. The molecule has 1 fully saturated rings. The Morgan fingerprint density at radius 2 is 2.03 bits per heavy atom. The molecular weight excluding hydrogens is 445 g/mol. The molecule has 1 saturated heterocycles. The summed E-state index contributed by atoms with van der Waals surface area (Å²) in [4.78, 5) is 34.3. The normalized spacial score (nSPS) is 16.0. The van der Waals surface area contributed by atoms with E-state index in [1.807, 2.05) is 28.8 Å². The Balaban J connectivity index is 1.54. The molecule has 1 aliphatic heterocycles. The van der Waals surface area contributed by atoms with Gasteiger partial charge in [-0.2, -0.15) is 0 Å². The second-order valence-corrected chi connectivity index (χ2v) is 8.36. The first-order valence-electron chi connectivity index (χ1n) is 10.4. The van der Waals surface area contributed by atoms with Crippen molar-refractivity contribution in [3.8, 4) is 11.1 Å². The monoisotopic (exact) mass is 463 g/mol. The van der Waals surface area contributed by atoms with Crippen LogP contribution in [0, 0.1) is 5.82 Å². The van der Waals surface area contributed by atoms with E-state index >= 15 is 0 Å². The first-order chi connectivity index (χ1) is 15.9. The third kappa shape index (κ3) is 3.93. The average Bonchev–Trinajstić information content (AvgIpc) is 3.37. The topological polar surface area (TPSA) is 94.1 Å². The number of carbonyl (C=O) groups is 2. The number of imidazole rings is 1. The van der Waals surface area contributed by atoms with Crippen LogP contribution >= 0.6 is 11.6 Å². The molecule has 2 amide bonds. The van der Waals surface area contributed by atoms with Gasteiger partial charge in [0.1, 0.15) is 17.7 Å². The Labute approximate surface area is 193 Å². The molecule has 33 heavy (non-hydrogen) atoms. The van der Waals surface area contributed by atoms with E-state index in [1.165, 1.54) is 23.2 Å². The minimum absolute atomic E-state index is 0.205. The molecule has 5 rings (SSSR count). The number of carbonyl (C=O) groups excluding carboxylic acids is 2. The maximum absolute atomic E-state index is 13.6. The van der Waals surface area contributed by atoms with Crippen molar-refractivity contribution in [1.29, 1.82) is 0 Å². The fraction of sp³-hybridized carbons (Fsp3) is 0.167. The number of nitrogens with zero attached hydrogens (tertiary/aromatic N) is 4. The van der Waals surface area contributed by atoms with E-state index in [9.17, 15) is 14.0 Å².